The zero-order valence-electron chi connectivity index (χ0n) is 22.3. The summed E-state index contributed by atoms with van der Waals surface area (Å²) < 4.78 is 20.6. The van der Waals surface area contributed by atoms with Gasteiger partial charge in [0.1, 0.15) is 17.1 Å². The van der Waals surface area contributed by atoms with E-state index in [0.29, 0.717) is 11.3 Å². The Bertz CT molecular complexity index is 1470. The third kappa shape index (κ3) is 6.54. The van der Waals surface area contributed by atoms with E-state index in [1.165, 1.54) is 23.9 Å². The number of anilines is 1. The summed E-state index contributed by atoms with van der Waals surface area (Å²) in [6, 6.07) is 15.7. The van der Waals surface area contributed by atoms with Gasteiger partial charge < -0.3 is 20.4 Å². The van der Waals surface area contributed by atoms with E-state index in [9.17, 15) is 14.4 Å². The van der Waals surface area contributed by atoms with Crippen LogP contribution in [0.1, 0.15) is 41.8 Å². The molecule has 0 atom stereocenters. The summed E-state index contributed by atoms with van der Waals surface area (Å²) in [5.74, 6) is -0.750. The van der Waals surface area contributed by atoms with E-state index in [-0.39, 0.29) is 17.2 Å². The first-order chi connectivity index (χ1) is 19.0. The zero-order chi connectivity index (χ0) is 27.8. The number of rotatable bonds is 8. The number of primary amides is 1. The van der Waals surface area contributed by atoms with Gasteiger partial charge in [-0.2, -0.15) is 5.26 Å². The number of aromatic nitrogens is 2. The number of H-pyrrole nitrogens is 1. The van der Waals surface area contributed by atoms with Gasteiger partial charge in [0.2, 0.25) is 5.88 Å². The summed E-state index contributed by atoms with van der Waals surface area (Å²) in [4.78, 5) is 23.3. The number of fused-ring (bicyclic) bond motifs is 1. The number of aromatic amines is 1. The molecular weight excluding hydrogens is 495 g/mol. The number of hydrogen-bond donors (Lipinski definition) is 2. The van der Waals surface area contributed by atoms with Crippen LogP contribution in [0.3, 0.4) is 0 Å². The fourth-order valence-corrected chi connectivity index (χ4v) is 4.74. The highest BCUT2D eigenvalue weighted by Gasteiger charge is 2.20. The van der Waals surface area contributed by atoms with Crippen molar-refractivity contribution in [3.05, 3.63) is 83.4 Å². The first-order valence-corrected chi connectivity index (χ1v) is 13.2. The van der Waals surface area contributed by atoms with Crippen LogP contribution in [0.25, 0.3) is 10.9 Å². The average molecular weight is 529 g/mol. The van der Waals surface area contributed by atoms with Crippen LogP contribution in [-0.2, 0) is 6.42 Å². The number of ether oxygens (including phenoxy) is 1. The molecule has 3 N–H and O–H groups in total. The second-order valence-corrected chi connectivity index (χ2v) is 9.05. The number of nitrogens with zero attached hydrogens (tertiary/aromatic N) is 4. The molecule has 9 heteroatoms. The molecule has 0 unspecified atom stereocenters. The highest BCUT2D eigenvalue weighted by Crippen LogP contribution is 2.29. The number of nitriles is 1. The summed E-state index contributed by atoms with van der Waals surface area (Å²) in [6.45, 7) is 8.10. The minimum absolute atomic E-state index is 0.0499. The summed E-state index contributed by atoms with van der Waals surface area (Å²) in [5.41, 5.74) is 8.97. The van der Waals surface area contributed by atoms with E-state index in [0.717, 1.165) is 56.5 Å². The van der Waals surface area contributed by atoms with Gasteiger partial charge in [0.05, 0.1) is 17.3 Å². The van der Waals surface area contributed by atoms with Gasteiger partial charge in [-0.25, -0.2) is 9.37 Å². The first-order valence-electron chi connectivity index (χ1n) is 13.2. The normalized spacial score (nSPS) is 13.4. The molecule has 5 rings (SSSR count). The van der Waals surface area contributed by atoms with Crippen LogP contribution < -0.4 is 15.4 Å². The van der Waals surface area contributed by atoms with Crippen molar-refractivity contribution in [1.29, 1.82) is 5.26 Å². The molecule has 202 valence electrons. The van der Waals surface area contributed by atoms with Gasteiger partial charge in [-0.05, 0) is 67.4 Å². The number of hydrogen-bond acceptors (Lipinski definition) is 6. The van der Waals surface area contributed by atoms with E-state index in [4.69, 9.17) is 10.5 Å². The third-order valence-corrected chi connectivity index (χ3v) is 6.70. The molecule has 0 aliphatic carbocycles. The lowest BCUT2D eigenvalue weighted by atomic mass is 10.1. The molecule has 1 amide bonds. The van der Waals surface area contributed by atoms with Gasteiger partial charge in [-0.1, -0.05) is 13.8 Å². The van der Waals surface area contributed by atoms with Crippen LogP contribution >= 0.6 is 0 Å². The topological polar surface area (TPSA) is 111 Å². The number of amides is 1. The maximum Gasteiger partial charge on any atom is 0.254 e. The Labute approximate surface area is 227 Å². The van der Waals surface area contributed by atoms with E-state index in [2.05, 4.69) is 20.9 Å². The molecule has 0 bridgehead atoms. The minimum Gasteiger partial charge on any atom is -0.438 e. The van der Waals surface area contributed by atoms with Crippen molar-refractivity contribution in [1.82, 2.24) is 14.9 Å². The molecular formula is C30H33FN6O2. The molecule has 2 aromatic carbocycles. The summed E-state index contributed by atoms with van der Waals surface area (Å²) >= 11 is 0. The number of nitrogens with one attached hydrogen (secondary N) is 1. The van der Waals surface area contributed by atoms with Crippen LogP contribution in [0, 0.1) is 17.1 Å². The Kier molecular flexibility index (Phi) is 9.13. The van der Waals surface area contributed by atoms with E-state index in [1.807, 2.05) is 43.1 Å². The second kappa shape index (κ2) is 12.9. The van der Waals surface area contributed by atoms with Crippen molar-refractivity contribution in [3.63, 3.8) is 0 Å². The quantitative estimate of drug-likeness (QED) is 0.323. The zero-order valence-corrected chi connectivity index (χ0v) is 22.3. The molecule has 1 saturated heterocycles. The number of aryl methyl sites for hydroxylation is 1. The van der Waals surface area contributed by atoms with Gasteiger partial charge >= 0.3 is 0 Å². The number of piperazine rings is 1. The summed E-state index contributed by atoms with van der Waals surface area (Å²) in [5, 5.41) is 10.3. The van der Waals surface area contributed by atoms with Crippen molar-refractivity contribution < 1.29 is 13.9 Å². The largest absolute Gasteiger partial charge is 0.438 e. The van der Waals surface area contributed by atoms with E-state index >= 15 is 0 Å². The van der Waals surface area contributed by atoms with E-state index < -0.39 is 11.7 Å². The predicted molar refractivity (Wildman–Crippen MR) is 151 cm³/mol. The Morgan fingerprint density at radius 2 is 1.95 bits per heavy atom. The average Bonchev–Trinajstić information content (AvgIpc) is 3.37. The fourth-order valence-electron chi connectivity index (χ4n) is 4.74. The third-order valence-electron chi connectivity index (χ3n) is 6.70. The fraction of sp³-hybridized carbons (Fsp3) is 0.300. The molecule has 0 saturated carbocycles. The molecule has 0 radical (unpaired) electrons. The summed E-state index contributed by atoms with van der Waals surface area (Å²) in [6.07, 6.45) is 5.45. The SMILES string of the molecule is CC.N#Cc1ccc2[nH]cc(CCCN3CCN(c4ccc(Oc5ncccc5C(N)=O)cc4F)CC3)c2c1. The Balaban J connectivity index is 0.00000172. The van der Waals surface area contributed by atoms with Crippen molar-refractivity contribution >= 4 is 22.5 Å². The smallest absolute Gasteiger partial charge is 0.254 e. The number of halogens is 1. The molecule has 3 heterocycles. The monoisotopic (exact) mass is 528 g/mol. The van der Waals surface area contributed by atoms with Gasteiger partial charge in [0.15, 0.2) is 0 Å². The second-order valence-electron chi connectivity index (χ2n) is 9.05. The van der Waals surface area contributed by atoms with Crippen molar-refractivity contribution in [2.75, 3.05) is 37.6 Å². The number of benzene rings is 2. The molecule has 39 heavy (non-hydrogen) atoms. The first kappa shape index (κ1) is 27.6. The van der Waals surface area contributed by atoms with Gasteiger partial charge in [0, 0.05) is 55.5 Å². The predicted octanol–water partition coefficient (Wildman–Crippen LogP) is 5.25. The van der Waals surface area contributed by atoms with Crippen LogP contribution in [0.5, 0.6) is 11.6 Å². The van der Waals surface area contributed by atoms with Crippen LogP contribution in [0.2, 0.25) is 0 Å². The van der Waals surface area contributed by atoms with Crippen LogP contribution in [-0.4, -0.2) is 53.5 Å². The highest BCUT2D eigenvalue weighted by molar-refractivity contribution is 5.95. The van der Waals surface area contributed by atoms with Crippen molar-refractivity contribution in [3.8, 4) is 17.7 Å². The standard InChI is InChI=1S/C28H27FN6O2.C2H6/c29-24-16-21(37-28-22(27(31)36)4-1-9-32-28)6-8-26(24)35-13-11-34(12-14-35)10-2-3-20-18-33-25-7-5-19(17-30)15-23(20)25;1-2/h1,4-9,15-16,18,33H,2-3,10-14H2,(H2,31,36);1-2H3. The Morgan fingerprint density at radius 1 is 1.15 bits per heavy atom. The van der Waals surface area contributed by atoms with Crippen LogP contribution in [0.4, 0.5) is 10.1 Å². The maximum absolute atomic E-state index is 15.0. The maximum atomic E-state index is 15.0. The molecule has 1 fully saturated rings. The Morgan fingerprint density at radius 3 is 2.67 bits per heavy atom. The summed E-state index contributed by atoms with van der Waals surface area (Å²) in [7, 11) is 0. The molecule has 1 aliphatic heterocycles. The number of carbonyl (C=O) groups is 1. The molecule has 2 aromatic heterocycles. The van der Waals surface area contributed by atoms with Gasteiger partial charge in [-0.3, -0.25) is 9.69 Å². The van der Waals surface area contributed by atoms with Crippen LogP contribution in [0.15, 0.2) is 60.9 Å². The lowest BCUT2D eigenvalue weighted by Gasteiger charge is -2.36. The molecule has 1 aliphatic rings. The highest BCUT2D eigenvalue weighted by atomic mass is 19.1. The van der Waals surface area contributed by atoms with Crippen molar-refractivity contribution in [2.45, 2.75) is 26.7 Å². The van der Waals surface area contributed by atoms with Crippen molar-refractivity contribution in [2.24, 2.45) is 5.73 Å². The molecule has 4 aromatic rings. The van der Waals surface area contributed by atoms with Gasteiger partial charge in [-0.15, -0.1) is 0 Å². The Hall–Kier alpha value is -4.42. The lowest BCUT2D eigenvalue weighted by molar-refractivity contribution is 0.0997. The number of carbonyl (C=O) groups excluding carboxylic acids is 1. The molecule has 0 spiro atoms. The lowest BCUT2D eigenvalue weighted by Crippen LogP contribution is -2.47. The van der Waals surface area contributed by atoms with Gasteiger partial charge in [0.25, 0.3) is 5.91 Å². The minimum atomic E-state index is -0.660. The number of nitrogens with two attached hydrogens (primary N) is 1. The molecule has 8 nitrogen and oxygen atoms in total. The number of pyridine rings is 1. The van der Waals surface area contributed by atoms with E-state index in [1.54, 1.807) is 18.2 Å².